The number of hydrogen-bond acceptors (Lipinski definition) is 6. The Bertz CT molecular complexity index is 959. The van der Waals surface area contributed by atoms with Gasteiger partial charge in [-0.3, -0.25) is 9.59 Å². The molecule has 0 aliphatic carbocycles. The molecule has 3 unspecified atom stereocenters. The molecule has 2 aliphatic rings. The molecule has 1 aromatic heterocycles. The molecular formula is C18H16F3N5O3. The number of benzene rings is 1. The fourth-order valence-corrected chi connectivity index (χ4v) is 3.62. The summed E-state index contributed by atoms with van der Waals surface area (Å²) in [6.45, 7) is 1.47. The number of carbonyl (C=O) groups is 2. The molecule has 3 heterocycles. The summed E-state index contributed by atoms with van der Waals surface area (Å²) in [4.78, 5) is 25.4. The van der Waals surface area contributed by atoms with E-state index in [4.69, 9.17) is 0 Å². The van der Waals surface area contributed by atoms with Gasteiger partial charge in [-0.15, -0.1) is 0 Å². The van der Waals surface area contributed by atoms with Crippen LogP contribution in [-0.4, -0.2) is 40.4 Å². The summed E-state index contributed by atoms with van der Waals surface area (Å²) >= 11 is 0. The van der Waals surface area contributed by atoms with E-state index >= 15 is 0 Å². The average molecular weight is 407 g/mol. The molecule has 2 aromatic rings. The third kappa shape index (κ3) is 3.33. The molecule has 3 atom stereocenters. The number of carbonyl (C=O) groups excluding carboxylic acids is 2. The Labute approximate surface area is 162 Å². The van der Waals surface area contributed by atoms with E-state index < -0.39 is 36.1 Å². The summed E-state index contributed by atoms with van der Waals surface area (Å²) in [7, 11) is 0. The number of alkyl halides is 3. The van der Waals surface area contributed by atoms with Crippen molar-refractivity contribution in [1.29, 1.82) is 0 Å². The molecule has 0 saturated carbocycles. The predicted molar refractivity (Wildman–Crippen MR) is 93.8 cm³/mol. The maximum absolute atomic E-state index is 13.7. The number of halogens is 3. The molecule has 3 N–H and O–H groups in total. The van der Waals surface area contributed by atoms with Crippen LogP contribution in [0.4, 0.5) is 19.0 Å². The number of anilines is 1. The van der Waals surface area contributed by atoms with Gasteiger partial charge in [-0.2, -0.15) is 13.2 Å². The lowest BCUT2D eigenvalue weighted by molar-refractivity contribution is -0.161. The molecule has 1 saturated heterocycles. The summed E-state index contributed by atoms with van der Waals surface area (Å²) in [6.07, 6.45) is -4.40. The monoisotopic (exact) mass is 407 g/mol. The number of fused-ring (bicyclic) bond motifs is 1. The molecule has 1 aromatic carbocycles. The van der Waals surface area contributed by atoms with Crippen molar-refractivity contribution in [3.05, 3.63) is 59.5 Å². The van der Waals surface area contributed by atoms with Crippen molar-refractivity contribution >= 4 is 17.6 Å². The second kappa shape index (κ2) is 6.92. The van der Waals surface area contributed by atoms with Crippen LogP contribution in [0.15, 0.2) is 58.5 Å². The summed E-state index contributed by atoms with van der Waals surface area (Å²) in [5.41, 5.74) is 2.51. The lowest BCUT2D eigenvalue weighted by atomic mass is 9.89. The van der Waals surface area contributed by atoms with Crippen LogP contribution in [0.5, 0.6) is 0 Å². The van der Waals surface area contributed by atoms with E-state index in [2.05, 4.69) is 25.7 Å². The Kier molecular flexibility index (Phi) is 4.53. The number of nitrogens with one attached hydrogen (secondary N) is 3. The molecular weight excluding hydrogens is 391 g/mol. The highest BCUT2D eigenvalue weighted by Crippen LogP contribution is 2.41. The summed E-state index contributed by atoms with van der Waals surface area (Å²) in [5, 5.41) is 9.62. The van der Waals surface area contributed by atoms with Gasteiger partial charge < -0.3 is 15.2 Å². The quantitative estimate of drug-likeness (QED) is 0.672. The molecule has 1 fully saturated rings. The van der Waals surface area contributed by atoms with Crippen LogP contribution in [0.3, 0.4) is 0 Å². The third-order valence-corrected chi connectivity index (χ3v) is 4.87. The number of nitrogens with zero attached hydrogens (tertiary/aromatic N) is 2. The van der Waals surface area contributed by atoms with Crippen molar-refractivity contribution in [2.24, 2.45) is 0 Å². The van der Waals surface area contributed by atoms with Gasteiger partial charge in [-0.05, 0) is 12.5 Å². The van der Waals surface area contributed by atoms with Gasteiger partial charge in [0, 0.05) is 11.8 Å². The smallest absolute Gasteiger partial charge is 0.366 e. The Morgan fingerprint density at radius 1 is 1.24 bits per heavy atom. The summed E-state index contributed by atoms with van der Waals surface area (Å²) in [6, 6.07) is 7.49. The minimum Gasteiger partial charge on any atom is -0.366 e. The van der Waals surface area contributed by atoms with E-state index in [1.165, 1.54) is 19.3 Å². The Hall–Kier alpha value is -3.34. The minimum atomic E-state index is -4.61. The fraction of sp³-hybridized carbons (Fsp3) is 0.278. The number of rotatable bonds is 3. The van der Waals surface area contributed by atoms with Crippen LogP contribution in [0.25, 0.3) is 0 Å². The van der Waals surface area contributed by atoms with Crippen molar-refractivity contribution in [3.8, 4) is 0 Å². The summed E-state index contributed by atoms with van der Waals surface area (Å²) in [5.74, 6) is -2.69. The van der Waals surface area contributed by atoms with E-state index in [1.807, 2.05) is 0 Å². The molecule has 0 radical (unpaired) electrons. The van der Waals surface area contributed by atoms with Gasteiger partial charge in [-0.1, -0.05) is 35.5 Å². The van der Waals surface area contributed by atoms with Crippen LogP contribution in [0.2, 0.25) is 0 Å². The summed E-state index contributed by atoms with van der Waals surface area (Å²) < 4.78 is 45.8. The number of amides is 2. The zero-order valence-corrected chi connectivity index (χ0v) is 15.0. The molecule has 4 rings (SSSR count). The standard InChI is InChI=1S/C18H16F3N5O3/c1-9-12(16(27)23-11-7-8-29-25-11)17(28)26-15(22-9)13(10-5-3-2-4-6-10)14(24-26)18(19,20)21/h2-8,13-15,22,24H,1H3,(H,23,25,27). The second-order valence-electron chi connectivity index (χ2n) is 6.69. The second-order valence-corrected chi connectivity index (χ2v) is 6.69. The van der Waals surface area contributed by atoms with E-state index in [-0.39, 0.29) is 17.1 Å². The first-order valence-electron chi connectivity index (χ1n) is 8.68. The molecule has 0 spiro atoms. The van der Waals surface area contributed by atoms with Gasteiger partial charge in [0.1, 0.15) is 24.0 Å². The SMILES string of the molecule is CC1=C(C(=O)Nc2ccon2)C(=O)N2NC(C(F)(F)F)C(c3ccccc3)C2N1. The zero-order valence-electron chi connectivity index (χ0n) is 15.0. The molecule has 152 valence electrons. The first kappa shape index (κ1) is 19.0. The van der Waals surface area contributed by atoms with E-state index in [1.54, 1.807) is 30.3 Å². The largest absolute Gasteiger partial charge is 0.406 e. The van der Waals surface area contributed by atoms with E-state index in [0.29, 0.717) is 5.56 Å². The van der Waals surface area contributed by atoms with Crippen LogP contribution >= 0.6 is 0 Å². The maximum atomic E-state index is 13.7. The van der Waals surface area contributed by atoms with E-state index in [9.17, 15) is 22.8 Å². The topological polar surface area (TPSA) is 99.5 Å². The minimum absolute atomic E-state index is 0.0786. The van der Waals surface area contributed by atoms with Crippen molar-refractivity contribution in [1.82, 2.24) is 20.9 Å². The van der Waals surface area contributed by atoms with Gasteiger partial charge in [0.05, 0.1) is 5.92 Å². The van der Waals surface area contributed by atoms with E-state index in [0.717, 1.165) is 5.01 Å². The lowest BCUT2D eigenvalue weighted by Gasteiger charge is -2.34. The van der Waals surface area contributed by atoms with Crippen molar-refractivity contribution in [2.45, 2.75) is 31.2 Å². The van der Waals surface area contributed by atoms with Crippen LogP contribution in [-0.2, 0) is 9.59 Å². The van der Waals surface area contributed by atoms with Gasteiger partial charge >= 0.3 is 6.18 Å². The first-order chi connectivity index (χ1) is 13.8. The molecule has 2 aliphatic heterocycles. The van der Waals surface area contributed by atoms with Crippen molar-refractivity contribution in [2.75, 3.05) is 5.32 Å². The highest BCUT2D eigenvalue weighted by molar-refractivity contribution is 6.23. The van der Waals surface area contributed by atoms with Crippen molar-refractivity contribution in [3.63, 3.8) is 0 Å². The molecule has 2 amide bonds. The van der Waals surface area contributed by atoms with Gasteiger partial charge in [-0.25, -0.2) is 10.4 Å². The number of allylic oxidation sites excluding steroid dienone is 1. The Morgan fingerprint density at radius 3 is 2.59 bits per heavy atom. The number of hydrazine groups is 1. The third-order valence-electron chi connectivity index (χ3n) is 4.87. The van der Waals surface area contributed by atoms with Crippen LogP contribution in [0.1, 0.15) is 18.4 Å². The molecule has 0 bridgehead atoms. The predicted octanol–water partition coefficient (Wildman–Crippen LogP) is 1.88. The fourth-order valence-electron chi connectivity index (χ4n) is 3.62. The highest BCUT2D eigenvalue weighted by Gasteiger charge is 2.58. The number of aromatic nitrogens is 1. The Morgan fingerprint density at radius 2 is 1.97 bits per heavy atom. The molecule has 29 heavy (non-hydrogen) atoms. The highest BCUT2D eigenvalue weighted by atomic mass is 19.4. The van der Waals surface area contributed by atoms with Gasteiger partial charge in [0.25, 0.3) is 11.8 Å². The van der Waals surface area contributed by atoms with Gasteiger partial charge in [0.15, 0.2) is 5.82 Å². The molecule has 8 nitrogen and oxygen atoms in total. The van der Waals surface area contributed by atoms with Crippen molar-refractivity contribution < 1.29 is 27.3 Å². The average Bonchev–Trinajstić information content (AvgIpc) is 3.29. The zero-order chi connectivity index (χ0) is 20.8. The normalized spacial score (nSPS) is 24.3. The lowest BCUT2D eigenvalue weighted by Crippen LogP contribution is -2.56. The number of hydrogen-bond donors (Lipinski definition) is 3. The van der Waals surface area contributed by atoms with Gasteiger partial charge in [0.2, 0.25) is 0 Å². The molecule has 11 heteroatoms. The first-order valence-corrected chi connectivity index (χ1v) is 8.68. The maximum Gasteiger partial charge on any atom is 0.406 e. The Balaban J connectivity index is 1.68. The van der Waals surface area contributed by atoms with Crippen LogP contribution in [0, 0.1) is 0 Å². The van der Waals surface area contributed by atoms with Crippen LogP contribution < -0.4 is 16.1 Å².